The zero-order valence-corrected chi connectivity index (χ0v) is 13.5. The van der Waals surface area contributed by atoms with Gasteiger partial charge in [0.05, 0.1) is 0 Å². The van der Waals surface area contributed by atoms with Crippen molar-refractivity contribution in [2.45, 2.75) is 66.6 Å². The predicted molar refractivity (Wildman–Crippen MR) is 83.8 cm³/mol. The van der Waals surface area contributed by atoms with Crippen LogP contribution in [-0.4, -0.2) is 24.1 Å². The van der Waals surface area contributed by atoms with Crippen molar-refractivity contribution in [1.82, 2.24) is 10.3 Å². The number of pyridine rings is 1. The van der Waals surface area contributed by atoms with Crippen LogP contribution in [0.15, 0.2) is 6.07 Å². The lowest BCUT2D eigenvalue weighted by Gasteiger charge is -2.28. The van der Waals surface area contributed by atoms with Crippen LogP contribution in [0.3, 0.4) is 0 Å². The van der Waals surface area contributed by atoms with E-state index in [9.17, 15) is 0 Å². The second kappa shape index (κ2) is 6.90. The lowest BCUT2D eigenvalue weighted by atomic mass is 10.1. The Morgan fingerprint density at radius 3 is 2.42 bits per heavy atom. The number of aryl methyl sites for hydroxylation is 2. The fourth-order valence-electron chi connectivity index (χ4n) is 2.14. The topological polar surface area (TPSA) is 28.2 Å². The van der Waals surface area contributed by atoms with E-state index in [4.69, 9.17) is 4.98 Å². The average Bonchev–Trinajstić information content (AvgIpc) is 2.34. The van der Waals surface area contributed by atoms with Gasteiger partial charge < -0.3 is 10.2 Å². The summed E-state index contributed by atoms with van der Waals surface area (Å²) in [5, 5.41) is 3.51. The Bertz CT molecular complexity index is 413. The minimum absolute atomic E-state index is 0.488. The third kappa shape index (κ3) is 4.20. The van der Waals surface area contributed by atoms with E-state index in [-0.39, 0.29) is 0 Å². The maximum atomic E-state index is 4.77. The molecule has 1 unspecified atom stereocenters. The Hall–Kier alpha value is -1.09. The van der Waals surface area contributed by atoms with Crippen molar-refractivity contribution in [2.75, 3.05) is 11.9 Å². The highest BCUT2D eigenvalue weighted by Crippen LogP contribution is 2.24. The molecule has 108 valence electrons. The molecule has 1 aromatic rings. The molecule has 0 spiro atoms. The monoisotopic (exact) mass is 263 g/mol. The molecule has 0 aliphatic heterocycles. The highest BCUT2D eigenvalue weighted by Gasteiger charge is 2.16. The number of hydrogen-bond donors (Lipinski definition) is 1. The molecule has 0 saturated heterocycles. The molecule has 0 aliphatic rings. The quantitative estimate of drug-likeness (QED) is 0.852. The van der Waals surface area contributed by atoms with Gasteiger partial charge in [0, 0.05) is 36.9 Å². The minimum Gasteiger partial charge on any atom is -0.357 e. The van der Waals surface area contributed by atoms with Crippen molar-refractivity contribution in [3.05, 3.63) is 22.9 Å². The van der Waals surface area contributed by atoms with E-state index in [1.54, 1.807) is 0 Å². The summed E-state index contributed by atoms with van der Waals surface area (Å²) in [6, 6.07) is 3.17. The van der Waals surface area contributed by atoms with E-state index in [1.165, 1.54) is 11.1 Å². The van der Waals surface area contributed by atoms with Crippen molar-refractivity contribution >= 4 is 5.82 Å². The second-order valence-corrected chi connectivity index (χ2v) is 5.79. The predicted octanol–water partition coefficient (Wildman–Crippen LogP) is 3.43. The van der Waals surface area contributed by atoms with Gasteiger partial charge in [0.1, 0.15) is 5.82 Å². The van der Waals surface area contributed by atoms with E-state index < -0.39 is 0 Å². The summed E-state index contributed by atoms with van der Waals surface area (Å²) in [6.45, 7) is 14.0. The van der Waals surface area contributed by atoms with Crippen LogP contribution in [0.1, 0.15) is 50.9 Å². The van der Waals surface area contributed by atoms with Crippen molar-refractivity contribution < 1.29 is 0 Å². The van der Waals surface area contributed by atoms with Crippen LogP contribution in [0.25, 0.3) is 0 Å². The van der Waals surface area contributed by atoms with Gasteiger partial charge in [-0.15, -0.1) is 0 Å². The van der Waals surface area contributed by atoms with E-state index in [2.05, 4.69) is 64.9 Å². The first-order valence-electron chi connectivity index (χ1n) is 7.30. The van der Waals surface area contributed by atoms with E-state index in [0.29, 0.717) is 12.1 Å². The van der Waals surface area contributed by atoms with Crippen molar-refractivity contribution in [2.24, 2.45) is 0 Å². The summed E-state index contributed by atoms with van der Waals surface area (Å²) in [5.74, 6) is 1.12. The molecule has 0 amide bonds. The van der Waals surface area contributed by atoms with Crippen LogP contribution in [-0.2, 0) is 6.54 Å². The fourth-order valence-corrected chi connectivity index (χ4v) is 2.14. The number of nitrogens with zero attached hydrogens (tertiary/aromatic N) is 2. The number of hydrogen-bond acceptors (Lipinski definition) is 3. The highest BCUT2D eigenvalue weighted by molar-refractivity contribution is 5.51. The third-order valence-corrected chi connectivity index (χ3v) is 3.73. The molecular formula is C16H29N3. The van der Waals surface area contributed by atoms with Crippen molar-refractivity contribution in [3.63, 3.8) is 0 Å². The zero-order valence-electron chi connectivity index (χ0n) is 13.5. The first-order valence-corrected chi connectivity index (χ1v) is 7.30. The van der Waals surface area contributed by atoms with Crippen LogP contribution < -0.4 is 10.2 Å². The van der Waals surface area contributed by atoms with Gasteiger partial charge in [-0.05, 0) is 38.8 Å². The standard InChI is InChI=1S/C16H29N3/c1-8-14(6)19(7)16-15(10-17-11(2)3)12(4)9-13(5)18-16/h9,11,14,17H,8,10H2,1-7H3. The van der Waals surface area contributed by atoms with Gasteiger partial charge >= 0.3 is 0 Å². The van der Waals surface area contributed by atoms with Gasteiger partial charge in [0.15, 0.2) is 0 Å². The molecule has 1 atom stereocenters. The number of aromatic nitrogens is 1. The van der Waals surface area contributed by atoms with Crippen LogP contribution in [0.2, 0.25) is 0 Å². The SMILES string of the molecule is CCC(C)N(C)c1nc(C)cc(C)c1CNC(C)C. The molecular weight excluding hydrogens is 234 g/mol. The van der Waals surface area contributed by atoms with E-state index >= 15 is 0 Å². The summed E-state index contributed by atoms with van der Waals surface area (Å²) < 4.78 is 0. The van der Waals surface area contributed by atoms with Gasteiger partial charge in [-0.1, -0.05) is 20.8 Å². The smallest absolute Gasteiger partial charge is 0.133 e. The molecule has 0 aliphatic carbocycles. The average molecular weight is 263 g/mol. The van der Waals surface area contributed by atoms with Crippen molar-refractivity contribution in [3.8, 4) is 0 Å². The minimum atomic E-state index is 0.488. The molecule has 0 fully saturated rings. The Kier molecular flexibility index (Phi) is 5.80. The summed E-state index contributed by atoms with van der Waals surface area (Å²) in [5.41, 5.74) is 3.74. The molecule has 0 radical (unpaired) electrons. The van der Waals surface area contributed by atoms with Crippen LogP contribution >= 0.6 is 0 Å². The normalized spacial score (nSPS) is 12.8. The maximum absolute atomic E-state index is 4.77. The summed E-state index contributed by atoms with van der Waals surface area (Å²) in [4.78, 5) is 7.07. The number of nitrogens with one attached hydrogen (secondary N) is 1. The second-order valence-electron chi connectivity index (χ2n) is 5.79. The zero-order chi connectivity index (χ0) is 14.6. The summed E-state index contributed by atoms with van der Waals surface area (Å²) in [6.07, 6.45) is 1.13. The molecule has 0 saturated carbocycles. The summed E-state index contributed by atoms with van der Waals surface area (Å²) in [7, 11) is 2.15. The van der Waals surface area contributed by atoms with Gasteiger partial charge in [-0.2, -0.15) is 0 Å². The Balaban J connectivity index is 3.12. The number of anilines is 1. The van der Waals surface area contributed by atoms with Gasteiger partial charge in [-0.25, -0.2) is 4.98 Å². The molecule has 0 bridgehead atoms. The van der Waals surface area contributed by atoms with E-state index in [1.807, 2.05) is 0 Å². The molecule has 3 nitrogen and oxygen atoms in total. The summed E-state index contributed by atoms with van der Waals surface area (Å²) >= 11 is 0. The van der Waals surface area contributed by atoms with Crippen LogP contribution in [0.5, 0.6) is 0 Å². The lowest BCUT2D eigenvalue weighted by Crippen LogP contribution is -2.32. The van der Waals surface area contributed by atoms with E-state index in [0.717, 1.165) is 24.5 Å². The van der Waals surface area contributed by atoms with Crippen LogP contribution in [0.4, 0.5) is 5.82 Å². The fraction of sp³-hybridized carbons (Fsp3) is 0.688. The number of rotatable bonds is 6. The molecule has 1 rings (SSSR count). The largest absolute Gasteiger partial charge is 0.357 e. The molecule has 1 aromatic heterocycles. The Morgan fingerprint density at radius 1 is 1.26 bits per heavy atom. The van der Waals surface area contributed by atoms with Gasteiger partial charge in [-0.3, -0.25) is 0 Å². The highest BCUT2D eigenvalue weighted by atomic mass is 15.2. The van der Waals surface area contributed by atoms with Crippen LogP contribution in [0, 0.1) is 13.8 Å². The molecule has 0 aromatic carbocycles. The lowest BCUT2D eigenvalue weighted by molar-refractivity contribution is 0.581. The maximum Gasteiger partial charge on any atom is 0.133 e. The first-order chi connectivity index (χ1) is 8.86. The Morgan fingerprint density at radius 2 is 1.89 bits per heavy atom. The molecule has 1 N–H and O–H groups in total. The third-order valence-electron chi connectivity index (χ3n) is 3.73. The first kappa shape index (κ1) is 16.0. The van der Waals surface area contributed by atoms with Gasteiger partial charge in [0.2, 0.25) is 0 Å². The van der Waals surface area contributed by atoms with Crippen molar-refractivity contribution in [1.29, 1.82) is 0 Å². The van der Waals surface area contributed by atoms with Gasteiger partial charge in [0.25, 0.3) is 0 Å². The molecule has 3 heteroatoms. The Labute approximate surface area is 118 Å². The molecule has 1 heterocycles. The molecule has 19 heavy (non-hydrogen) atoms.